The second kappa shape index (κ2) is 6.50. The minimum Gasteiger partial charge on any atom is -0.396 e. The van der Waals surface area contributed by atoms with Crippen molar-refractivity contribution < 1.29 is 13.5 Å². The van der Waals surface area contributed by atoms with E-state index in [0.29, 0.717) is 17.7 Å². The number of hydrogen-bond acceptors (Lipinski definition) is 3. The second-order valence-electron chi connectivity index (χ2n) is 5.12. The van der Waals surface area contributed by atoms with Crippen LogP contribution in [0.1, 0.15) is 36.5 Å². The summed E-state index contributed by atoms with van der Waals surface area (Å²) in [7, 11) is -3.50. The van der Waals surface area contributed by atoms with Gasteiger partial charge in [0.25, 0.3) is 0 Å². The van der Waals surface area contributed by atoms with Crippen LogP contribution in [-0.4, -0.2) is 26.2 Å². The van der Waals surface area contributed by atoms with E-state index in [9.17, 15) is 8.42 Å². The minimum absolute atomic E-state index is 0.0780. The third-order valence-electron chi connectivity index (χ3n) is 3.02. The predicted octanol–water partition coefficient (Wildman–Crippen LogP) is 2.05. The molecule has 0 bridgehead atoms. The highest BCUT2D eigenvalue weighted by molar-refractivity contribution is 7.89. The molecular weight excluding hydrogens is 262 g/mol. The fraction of sp³-hybridized carbons (Fsp3) is 0.571. The van der Waals surface area contributed by atoms with Crippen molar-refractivity contribution in [3.63, 3.8) is 0 Å². The maximum Gasteiger partial charge on any atom is 0.241 e. The van der Waals surface area contributed by atoms with Gasteiger partial charge >= 0.3 is 0 Å². The Balaban J connectivity index is 3.01. The summed E-state index contributed by atoms with van der Waals surface area (Å²) in [6.07, 6.45) is 1.22. The lowest BCUT2D eigenvalue weighted by molar-refractivity contribution is 0.279. The van der Waals surface area contributed by atoms with E-state index >= 15 is 0 Å². The minimum atomic E-state index is -3.50. The summed E-state index contributed by atoms with van der Waals surface area (Å²) < 4.78 is 27.4. The first kappa shape index (κ1) is 16.1. The van der Waals surface area contributed by atoms with Crippen molar-refractivity contribution in [3.05, 3.63) is 28.8 Å². The van der Waals surface area contributed by atoms with E-state index < -0.39 is 10.0 Å². The van der Waals surface area contributed by atoms with Gasteiger partial charge in [-0.3, -0.25) is 0 Å². The largest absolute Gasteiger partial charge is 0.396 e. The first-order valence-corrected chi connectivity index (χ1v) is 7.97. The van der Waals surface area contributed by atoms with Crippen LogP contribution < -0.4 is 4.72 Å². The standard InChI is InChI=1S/C14H23NO3S/c1-10-8-11(2)14(12(3)9-10)19(17,18)15-13(4)6-5-7-16/h8-9,13,15-16H,5-7H2,1-4H3. The molecule has 4 nitrogen and oxygen atoms in total. The Bertz CT molecular complexity index is 515. The van der Waals surface area contributed by atoms with E-state index in [-0.39, 0.29) is 12.6 Å². The number of sulfonamides is 1. The van der Waals surface area contributed by atoms with Crippen molar-refractivity contribution in [2.24, 2.45) is 0 Å². The van der Waals surface area contributed by atoms with E-state index in [1.807, 2.05) is 39.8 Å². The zero-order valence-corrected chi connectivity index (χ0v) is 12.8. The molecule has 0 aliphatic heterocycles. The maximum atomic E-state index is 12.4. The number of nitrogens with one attached hydrogen (secondary N) is 1. The van der Waals surface area contributed by atoms with E-state index in [1.54, 1.807) is 0 Å². The van der Waals surface area contributed by atoms with Crippen LogP contribution in [0.4, 0.5) is 0 Å². The molecule has 0 saturated carbocycles. The van der Waals surface area contributed by atoms with Gasteiger partial charge in [0.15, 0.2) is 0 Å². The molecule has 2 N–H and O–H groups in total. The highest BCUT2D eigenvalue weighted by Gasteiger charge is 2.21. The van der Waals surface area contributed by atoms with Crippen molar-refractivity contribution in [2.45, 2.75) is 51.5 Å². The molecule has 0 fully saturated rings. The normalized spacial score (nSPS) is 13.5. The van der Waals surface area contributed by atoms with Gasteiger partial charge in [-0.05, 0) is 51.7 Å². The van der Waals surface area contributed by atoms with Crippen molar-refractivity contribution in [2.75, 3.05) is 6.61 Å². The number of aliphatic hydroxyl groups is 1. The lowest BCUT2D eigenvalue weighted by atomic mass is 10.1. The number of rotatable bonds is 6. The van der Waals surface area contributed by atoms with Gasteiger partial charge in [0, 0.05) is 12.6 Å². The highest BCUT2D eigenvalue weighted by atomic mass is 32.2. The summed E-state index contributed by atoms with van der Waals surface area (Å²) in [6.45, 7) is 7.47. The summed E-state index contributed by atoms with van der Waals surface area (Å²) in [5.41, 5.74) is 2.58. The Morgan fingerprint density at radius 1 is 1.21 bits per heavy atom. The van der Waals surface area contributed by atoms with Crippen molar-refractivity contribution in [3.8, 4) is 0 Å². The van der Waals surface area contributed by atoms with Crippen LogP contribution >= 0.6 is 0 Å². The number of aryl methyl sites for hydroxylation is 3. The van der Waals surface area contributed by atoms with Crippen LogP contribution in [0.25, 0.3) is 0 Å². The van der Waals surface area contributed by atoms with E-state index in [2.05, 4.69) is 4.72 Å². The molecule has 0 spiro atoms. The van der Waals surface area contributed by atoms with Crippen LogP contribution in [0, 0.1) is 20.8 Å². The van der Waals surface area contributed by atoms with Crippen LogP contribution in [-0.2, 0) is 10.0 Å². The Kier molecular flexibility index (Phi) is 5.52. The Morgan fingerprint density at radius 2 is 1.74 bits per heavy atom. The van der Waals surface area contributed by atoms with Crippen LogP contribution in [0.3, 0.4) is 0 Å². The molecule has 19 heavy (non-hydrogen) atoms. The maximum absolute atomic E-state index is 12.4. The fourth-order valence-electron chi connectivity index (χ4n) is 2.37. The quantitative estimate of drug-likeness (QED) is 0.840. The van der Waals surface area contributed by atoms with E-state index in [4.69, 9.17) is 5.11 Å². The number of benzene rings is 1. The Hall–Kier alpha value is -0.910. The van der Waals surface area contributed by atoms with E-state index in [1.165, 1.54) is 0 Å². The van der Waals surface area contributed by atoms with Gasteiger partial charge in [-0.15, -0.1) is 0 Å². The predicted molar refractivity (Wildman–Crippen MR) is 76.8 cm³/mol. The zero-order valence-electron chi connectivity index (χ0n) is 12.0. The topological polar surface area (TPSA) is 66.4 Å². The molecule has 0 saturated heterocycles. The molecule has 1 unspecified atom stereocenters. The fourth-order valence-corrected chi connectivity index (χ4v) is 4.10. The molecule has 5 heteroatoms. The molecule has 1 rings (SSSR count). The molecule has 0 amide bonds. The molecule has 1 atom stereocenters. The van der Waals surface area contributed by atoms with Crippen LogP contribution in [0.2, 0.25) is 0 Å². The van der Waals surface area contributed by atoms with Gasteiger partial charge in [-0.1, -0.05) is 17.7 Å². The molecular formula is C14H23NO3S. The molecule has 0 aliphatic rings. The summed E-state index contributed by atoms with van der Waals surface area (Å²) >= 11 is 0. The van der Waals surface area contributed by atoms with Crippen LogP contribution in [0.15, 0.2) is 17.0 Å². The van der Waals surface area contributed by atoms with Gasteiger partial charge in [-0.25, -0.2) is 13.1 Å². The monoisotopic (exact) mass is 285 g/mol. The van der Waals surface area contributed by atoms with Gasteiger partial charge in [-0.2, -0.15) is 0 Å². The van der Waals surface area contributed by atoms with Gasteiger partial charge in [0.1, 0.15) is 0 Å². The van der Waals surface area contributed by atoms with E-state index in [0.717, 1.165) is 16.7 Å². The number of aliphatic hydroxyl groups excluding tert-OH is 1. The molecule has 0 aliphatic carbocycles. The molecule has 1 aromatic carbocycles. The van der Waals surface area contributed by atoms with Gasteiger partial charge in [0.05, 0.1) is 4.90 Å². The van der Waals surface area contributed by atoms with Gasteiger partial charge < -0.3 is 5.11 Å². The van der Waals surface area contributed by atoms with Gasteiger partial charge in [0.2, 0.25) is 10.0 Å². The highest BCUT2D eigenvalue weighted by Crippen LogP contribution is 2.22. The third-order valence-corrected chi connectivity index (χ3v) is 4.92. The molecule has 0 heterocycles. The van der Waals surface area contributed by atoms with Crippen molar-refractivity contribution in [1.82, 2.24) is 4.72 Å². The SMILES string of the molecule is Cc1cc(C)c(S(=O)(=O)NC(C)CCCO)c(C)c1. The summed E-state index contributed by atoms with van der Waals surface area (Å²) in [5, 5.41) is 8.77. The lowest BCUT2D eigenvalue weighted by Crippen LogP contribution is -2.33. The first-order chi connectivity index (χ1) is 8.77. The zero-order chi connectivity index (χ0) is 14.6. The third kappa shape index (κ3) is 4.30. The Labute approximate surface area is 115 Å². The summed E-state index contributed by atoms with van der Waals surface area (Å²) in [5.74, 6) is 0. The molecule has 0 radical (unpaired) electrons. The summed E-state index contributed by atoms with van der Waals surface area (Å²) in [6, 6.07) is 3.57. The average Bonchev–Trinajstić information content (AvgIpc) is 2.23. The Morgan fingerprint density at radius 3 is 2.21 bits per heavy atom. The molecule has 0 aromatic heterocycles. The first-order valence-electron chi connectivity index (χ1n) is 6.49. The smallest absolute Gasteiger partial charge is 0.241 e. The van der Waals surface area contributed by atoms with Crippen LogP contribution in [0.5, 0.6) is 0 Å². The molecule has 1 aromatic rings. The lowest BCUT2D eigenvalue weighted by Gasteiger charge is -2.17. The second-order valence-corrected chi connectivity index (χ2v) is 6.77. The summed E-state index contributed by atoms with van der Waals surface area (Å²) in [4.78, 5) is 0.369. The van der Waals surface area contributed by atoms with Crippen molar-refractivity contribution in [1.29, 1.82) is 0 Å². The molecule has 108 valence electrons. The number of hydrogen-bond donors (Lipinski definition) is 2. The average molecular weight is 285 g/mol. The van der Waals surface area contributed by atoms with Crippen molar-refractivity contribution >= 4 is 10.0 Å².